The fraction of sp³-hybridized carbons (Fsp3) is 0.318. The number of benzene rings is 1. The third kappa shape index (κ3) is 4.22. The summed E-state index contributed by atoms with van der Waals surface area (Å²) in [6.45, 7) is 6.56. The van der Waals surface area contributed by atoms with Crippen molar-refractivity contribution in [3.8, 4) is 0 Å². The zero-order valence-electron chi connectivity index (χ0n) is 16.5. The van der Waals surface area contributed by atoms with Crippen molar-refractivity contribution in [1.29, 1.82) is 0 Å². The standard InChI is InChI=1S/C22H26N6/c1-18-16-21(25-22(24-18)26(2)17-19-8-4-3-5-9-19)28-14-12-27(13-15-28)20-10-6-7-11-23-20/h3-11,16H,12-15,17H2,1-2H3. The van der Waals surface area contributed by atoms with Gasteiger partial charge in [0.25, 0.3) is 0 Å². The number of nitrogens with zero attached hydrogens (tertiary/aromatic N) is 6. The zero-order chi connectivity index (χ0) is 19.3. The van der Waals surface area contributed by atoms with Crippen molar-refractivity contribution in [2.75, 3.05) is 47.9 Å². The molecule has 1 fully saturated rings. The number of hydrogen-bond donors (Lipinski definition) is 0. The lowest BCUT2D eigenvalue weighted by Crippen LogP contribution is -2.47. The molecule has 28 heavy (non-hydrogen) atoms. The smallest absolute Gasteiger partial charge is 0.227 e. The van der Waals surface area contributed by atoms with Crippen LogP contribution in [0.15, 0.2) is 60.8 Å². The molecular formula is C22H26N6. The zero-order valence-corrected chi connectivity index (χ0v) is 16.5. The van der Waals surface area contributed by atoms with Gasteiger partial charge in [-0.1, -0.05) is 36.4 Å². The van der Waals surface area contributed by atoms with E-state index >= 15 is 0 Å². The summed E-state index contributed by atoms with van der Waals surface area (Å²) in [5.41, 5.74) is 2.24. The largest absolute Gasteiger partial charge is 0.353 e. The molecule has 2 aromatic heterocycles. The number of hydrogen-bond acceptors (Lipinski definition) is 6. The van der Waals surface area contributed by atoms with E-state index in [0.29, 0.717) is 0 Å². The molecule has 0 atom stereocenters. The van der Waals surface area contributed by atoms with Crippen molar-refractivity contribution < 1.29 is 0 Å². The molecule has 3 aromatic rings. The Morgan fingerprint density at radius 1 is 0.857 bits per heavy atom. The van der Waals surface area contributed by atoms with Crippen LogP contribution in [0.4, 0.5) is 17.6 Å². The summed E-state index contributed by atoms with van der Waals surface area (Å²) >= 11 is 0. The fourth-order valence-corrected chi connectivity index (χ4v) is 3.50. The monoisotopic (exact) mass is 374 g/mol. The first-order valence-corrected chi connectivity index (χ1v) is 9.71. The SMILES string of the molecule is Cc1cc(N2CCN(c3ccccn3)CC2)nc(N(C)Cc2ccccc2)n1. The van der Waals surface area contributed by atoms with Gasteiger partial charge >= 0.3 is 0 Å². The summed E-state index contributed by atoms with van der Waals surface area (Å²) in [7, 11) is 2.05. The van der Waals surface area contributed by atoms with Gasteiger partial charge in [-0.15, -0.1) is 0 Å². The number of anilines is 3. The van der Waals surface area contributed by atoms with Gasteiger partial charge in [0, 0.05) is 57.7 Å². The molecule has 1 aliphatic rings. The van der Waals surface area contributed by atoms with Crippen LogP contribution in [0, 0.1) is 6.92 Å². The lowest BCUT2D eigenvalue weighted by atomic mass is 10.2. The Bertz CT molecular complexity index is 891. The maximum Gasteiger partial charge on any atom is 0.227 e. The van der Waals surface area contributed by atoms with Gasteiger partial charge in [0.05, 0.1) is 0 Å². The Labute approximate surface area is 166 Å². The highest BCUT2D eigenvalue weighted by Gasteiger charge is 2.20. The van der Waals surface area contributed by atoms with E-state index in [4.69, 9.17) is 4.98 Å². The van der Waals surface area contributed by atoms with E-state index in [1.165, 1.54) is 5.56 Å². The Kier molecular flexibility index (Phi) is 5.37. The minimum Gasteiger partial charge on any atom is -0.353 e. The number of piperazine rings is 1. The summed E-state index contributed by atoms with van der Waals surface area (Å²) in [5, 5.41) is 0. The predicted molar refractivity (Wildman–Crippen MR) is 114 cm³/mol. The molecule has 1 aromatic carbocycles. The van der Waals surface area contributed by atoms with E-state index in [2.05, 4.69) is 61.1 Å². The fourth-order valence-electron chi connectivity index (χ4n) is 3.50. The summed E-state index contributed by atoms with van der Waals surface area (Å²) in [6.07, 6.45) is 1.85. The molecule has 3 heterocycles. The first kappa shape index (κ1) is 18.2. The number of aromatic nitrogens is 3. The normalized spacial score (nSPS) is 14.2. The molecule has 6 nitrogen and oxygen atoms in total. The molecule has 6 heteroatoms. The van der Waals surface area contributed by atoms with Gasteiger partial charge < -0.3 is 14.7 Å². The summed E-state index contributed by atoms with van der Waals surface area (Å²) in [4.78, 5) is 20.8. The van der Waals surface area contributed by atoms with Gasteiger partial charge in [-0.25, -0.2) is 9.97 Å². The molecule has 4 rings (SSSR count). The maximum atomic E-state index is 4.86. The van der Waals surface area contributed by atoms with E-state index in [-0.39, 0.29) is 0 Å². The van der Waals surface area contributed by atoms with Crippen molar-refractivity contribution in [1.82, 2.24) is 15.0 Å². The second-order valence-electron chi connectivity index (χ2n) is 7.17. The molecule has 0 unspecified atom stereocenters. The first-order chi connectivity index (χ1) is 13.7. The Morgan fingerprint density at radius 2 is 1.54 bits per heavy atom. The van der Waals surface area contributed by atoms with E-state index in [9.17, 15) is 0 Å². The molecule has 0 aliphatic carbocycles. The molecule has 144 valence electrons. The molecule has 1 saturated heterocycles. The quantitative estimate of drug-likeness (QED) is 0.684. The van der Waals surface area contributed by atoms with Crippen LogP contribution in [0.3, 0.4) is 0 Å². The van der Waals surface area contributed by atoms with Crippen LogP contribution in [0.5, 0.6) is 0 Å². The molecular weight excluding hydrogens is 348 g/mol. The highest BCUT2D eigenvalue weighted by Crippen LogP contribution is 2.21. The summed E-state index contributed by atoms with van der Waals surface area (Å²) in [6, 6.07) is 18.6. The first-order valence-electron chi connectivity index (χ1n) is 9.71. The number of aryl methyl sites for hydroxylation is 1. The molecule has 0 saturated carbocycles. The maximum absolute atomic E-state index is 4.86. The molecule has 0 bridgehead atoms. The van der Waals surface area contributed by atoms with Crippen LogP contribution >= 0.6 is 0 Å². The van der Waals surface area contributed by atoms with Crippen LogP contribution in [0.1, 0.15) is 11.3 Å². The lowest BCUT2D eigenvalue weighted by molar-refractivity contribution is 0.640. The average Bonchev–Trinajstić information content (AvgIpc) is 2.75. The minimum atomic E-state index is 0.769. The van der Waals surface area contributed by atoms with Crippen LogP contribution in [-0.4, -0.2) is 48.2 Å². The second-order valence-corrected chi connectivity index (χ2v) is 7.17. The van der Waals surface area contributed by atoms with Gasteiger partial charge in [-0.2, -0.15) is 4.98 Å². The molecule has 1 aliphatic heterocycles. The van der Waals surface area contributed by atoms with E-state index < -0.39 is 0 Å². The van der Waals surface area contributed by atoms with Crippen molar-refractivity contribution in [2.24, 2.45) is 0 Å². The molecule has 0 spiro atoms. The highest BCUT2D eigenvalue weighted by molar-refractivity contribution is 5.48. The summed E-state index contributed by atoms with van der Waals surface area (Å²) in [5.74, 6) is 2.82. The van der Waals surface area contributed by atoms with Crippen LogP contribution < -0.4 is 14.7 Å². The Hall–Kier alpha value is -3.15. The molecule has 0 N–H and O–H groups in total. The van der Waals surface area contributed by atoms with Gasteiger partial charge in [0.2, 0.25) is 5.95 Å². The van der Waals surface area contributed by atoms with E-state index in [1.54, 1.807) is 0 Å². The van der Waals surface area contributed by atoms with Crippen molar-refractivity contribution in [3.05, 3.63) is 72.1 Å². The highest BCUT2D eigenvalue weighted by atomic mass is 15.3. The van der Waals surface area contributed by atoms with Gasteiger partial charge in [0.1, 0.15) is 11.6 Å². The van der Waals surface area contributed by atoms with Crippen molar-refractivity contribution in [2.45, 2.75) is 13.5 Å². The Morgan fingerprint density at radius 3 is 2.21 bits per heavy atom. The topological polar surface area (TPSA) is 48.4 Å². The van der Waals surface area contributed by atoms with Crippen LogP contribution in [-0.2, 0) is 6.54 Å². The summed E-state index contributed by atoms with van der Waals surface area (Å²) < 4.78 is 0. The number of pyridine rings is 1. The third-order valence-corrected chi connectivity index (χ3v) is 5.01. The number of rotatable bonds is 5. The van der Waals surface area contributed by atoms with Crippen LogP contribution in [0.2, 0.25) is 0 Å². The molecule has 0 amide bonds. The minimum absolute atomic E-state index is 0.769. The van der Waals surface area contributed by atoms with Gasteiger partial charge in [-0.3, -0.25) is 0 Å². The predicted octanol–water partition coefficient (Wildman–Crippen LogP) is 3.14. The van der Waals surface area contributed by atoms with Gasteiger partial charge in [-0.05, 0) is 24.6 Å². The lowest BCUT2D eigenvalue weighted by Gasteiger charge is -2.36. The third-order valence-electron chi connectivity index (χ3n) is 5.01. The van der Waals surface area contributed by atoms with E-state index in [0.717, 1.165) is 56.0 Å². The Balaban J connectivity index is 1.45. The van der Waals surface area contributed by atoms with E-state index in [1.807, 2.05) is 38.4 Å². The second kappa shape index (κ2) is 8.25. The van der Waals surface area contributed by atoms with Gasteiger partial charge in [0.15, 0.2) is 0 Å². The van der Waals surface area contributed by atoms with Crippen molar-refractivity contribution in [3.63, 3.8) is 0 Å². The average molecular weight is 374 g/mol. The molecule has 0 radical (unpaired) electrons. The van der Waals surface area contributed by atoms with Crippen LogP contribution in [0.25, 0.3) is 0 Å². The van der Waals surface area contributed by atoms with Crippen molar-refractivity contribution >= 4 is 17.6 Å².